The van der Waals surface area contributed by atoms with Crippen molar-refractivity contribution in [3.63, 3.8) is 0 Å². The van der Waals surface area contributed by atoms with E-state index < -0.39 is 12.0 Å². The minimum absolute atomic E-state index is 0.0814. The number of benzene rings is 1. The summed E-state index contributed by atoms with van der Waals surface area (Å²) in [5.41, 5.74) is 3.37. The predicted octanol–water partition coefficient (Wildman–Crippen LogP) is 6.00. The van der Waals surface area contributed by atoms with Crippen LogP contribution in [0.3, 0.4) is 0 Å². The van der Waals surface area contributed by atoms with E-state index in [1.54, 1.807) is 18.2 Å². The molecule has 1 aliphatic rings. The Morgan fingerprint density at radius 1 is 1.22 bits per heavy atom. The Balaban J connectivity index is 2.05. The average Bonchev–Trinajstić information content (AvgIpc) is 2.86. The second-order valence-corrected chi connectivity index (χ2v) is 9.50. The lowest BCUT2D eigenvalue weighted by molar-refractivity contribution is -0.137. The molecular weight excluding hydrogens is 467 g/mol. The van der Waals surface area contributed by atoms with Crippen molar-refractivity contribution in [1.29, 1.82) is 0 Å². The van der Waals surface area contributed by atoms with Gasteiger partial charge in [-0.1, -0.05) is 61.8 Å². The number of nitrogens with one attached hydrogen (secondary N) is 2. The smallest absolute Gasteiger partial charge is 0.248 e. The van der Waals surface area contributed by atoms with Gasteiger partial charge in [0.1, 0.15) is 6.04 Å². The zero-order valence-electron chi connectivity index (χ0n) is 22.0. The maximum Gasteiger partial charge on any atom is 0.248 e. The number of anilines is 1. The fourth-order valence-electron chi connectivity index (χ4n) is 4.65. The van der Waals surface area contributed by atoms with Gasteiger partial charge in [-0.25, -0.2) is 4.98 Å². The number of aryl methyl sites for hydroxylation is 1. The molecule has 0 aliphatic heterocycles. The molecule has 1 atom stereocenters. The van der Waals surface area contributed by atoms with Crippen molar-refractivity contribution in [1.82, 2.24) is 15.2 Å². The monoisotopic (exact) mass is 504 g/mol. The molecule has 2 amide bonds. The minimum Gasteiger partial charge on any atom is -0.376 e. The topological polar surface area (TPSA) is 74.3 Å². The Kier molecular flexibility index (Phi) is 10.2. The van der Waals surface area contributed by atoms with Gasteiger partial charge in [0.15, 0.2) is 0 Å². The number of hydrogen-bond donors (Lipinski definition) is 2. The van der Waals surface area contributed by atoms with Gasteiger partial charge in [-0.2, -0.15) is 4.39 Å². The second kappa shape index (κ2) is 13.5. The Labute approximate surface area is 219 Å². The third-order valence-electron chi connectivity index (χ3n) is 6.39. The Hall–Kier alpha value is -3.74. The zero-order valence-corrected chi connectivity index (χ0v) is 22.0. The molecule has 1 heterocycles. The second-order valence-electron chi connectivity index (χ2n) is 9.50. The molecule has 2 aromatic rings. The van der Waals surface area contributed by atoms with Gasteiger partial charge in [0.05, 0.1) is 6.54 Å². The van der Waals surface area contributed by atoms with Crippen LogP contribution in [0.15, 0.2) is 78.7 Å². The summed E-state index contributed by atoms with van der Waals surface area (Å²) in [6.45, 7) is 9.49. The van der Waals surface area contributed by atoms with Gasteiger partial charge in [0.2, 0.25) is 17.8 Å². The van der Waals surface area contributed by atoms with Crippen LogP contribution in [-0.4, -0.2) is 34.3 Å². The van der Waals surface area contributed by atoms with Crippen molar-refractivity contribution < 1.29 is 14.0 Å². The number of aromatic nitrogens is 1. The fourth-order valence-corrected chi connectivity index (χ4v) is 4.65. The Morgan fingerprint density at radius 3 is 2.59 bits per heavy atom. The van der Waals surface area contributed by atoms with Gasteiger partial charge in [0, 0.05) is 29.7 Å². The summed E-state index contributed by atoms with van der Waals surface area (Å²) in [5.74, 6) is -1.20. The normalized spacial score (nSPS) is 15.3. The summed E-state index contributed by atoms with van der Waals surface area (Å²) in [4.78, 5) is 32.9. The molecule has 6 nitrogen and oxygen atoms in total. The van der Waals surface area contributed by atoms with Crippen molar-refractivity contribution in [3.05, 3.63) is 95.7 Å². The van der Waals surface area contributed by atoms with Crippen LogP contribution in [0.2, 0.25) is 0 Å². The number of rotatable bonds is 10. The summed E-state index contributed by atoms with van der Waals surface area (Å²) in [6, 6.07) is 9.62. The predicted molar refractivity (Wildman–Crippen MR) is 146 cm³/mol. The molecule has 1 aromatic heterocycles. The molecule has 1 aliphatic carbocycles. The van der Waals surface area contributed by atoms with Crippen LogP contribution in [0.25, 0.3) is 0 Å². The van der Waals surface area contributed by atoms with Crippen LogP contribution in [0.5, 0.6) is 0 Å². The SMILES string of the molecule is C=C(C)/C=C(\C=C/C)N(C(=O)CNc1ccnc(F)c1)C(C(=O)NC1CCCCC1)c1ccccc1C. The Morgan fingerprint density at radius 2 is 1.95 bits per heavy atom. The first kappa shape index (κ1) is 27.8. The third-order valence-corrected chi connectivity index (χ3v) is 6.39. The first-order valence-corrected chi connectivity index (χ1v) is 12.8. The quantitative estimate of drug-likeness (QED) is 0.308. The lowest BCUT2D eigenvalue weighted by Gasteiger charge is -2.35. The molecule has 1 aromatic carbocycles. The van der Waals surface area contributed by atoms with Gasteiger partial charge in [-0.3, -0.25) is 14.5 Å². The maximum atomic E-state index is 14.0. The van der Waals surface area contributed by atoms with Gasteiger partial charge in [-0.15, -0.1) is 0 Å². The lowest BCUT2D eigenvalue weighted by atomic mass is 9.93. The molecule has 0 spiro atoms. The largest absolute Gasteiger partial charge is 0.376 e. The molecule has 0 saturated heterocycles. The van der Waals surface area contributed by atoms with Crippen molar-refractivity contribution >= 4 is 17.5 Å². The highest BCUT2D eigenvalue weighted by Gasteiger charge is 2.35. The first-order chi connectivity index (χ1) is 17.8. The van der Waals surface area contributed by atoms with Crippen LogP contribution in [0, 0.1) is 12.9 Å². The van der Waals surface area contributed by atoms with Crippen LogP contribution in [-0.2, 0) is 9.59 Å². The van der Waals surface area contributed by atoms with Gasteiger partial charge >= 0.3 is 0 Å². The number of carbonyl (C=O) groups excluding carboxylic acids is 2. The van der Waals surface area contributed by atoms with E-state index >= 15 is 0 Å². The summed E-state index contributed by atoms with van der Waals surface area (Å²) >= 11 is 0. The number of halogens is 1. The molecule has 196 valence electrons. The van der Waals surface area contributed by atoms with Crippen LogP contribution >= 0.6 is 0 Å². The molecule has 1 saturated carbocycles. The molecule has 1 fully saturated rings. The number of amides is 2. The highest BCUT2D eigenvalue weighted by molar-refractivity contribution is 5.92. The number of carbonyl (C=O) groups is 2. The van der Waals surface area contributed by atoms with E-state index in [9.17, 15) is 14.0 Å². The number of pyridine rings is 1. The summed E-state index contributed by atoms with van der Waals surface area (Å²) in [5, 5.41) is 6.21. The van der Waals surface area contributed by atoms with E-state index in [0.717, 1.165) is 42.4 Å². The summed E-state index contributed by atoms with van der Waals surface area (Å²) in [6.07, 6.45) is 11.9. The van der Waals surface area contributed by atoms with E-state index in [1.807, 2.05) is 51.1 Å². The Bertz CT molecular complexity index is 1170. The maximum absolute atomic E-state index is 14.0. The minimum atomic E-state index is -0.895. The molecule has 0 bridgehead atoms. The van der Waals surface area contributed by atoms with Crippen LogP contribution in [0.1, 0.15) is 63.1 Å². The van der Waals surface area contributed by atoms with Gasteiger partial charge < -0.3 is 10.6 Å². The van der Waals surface area contributed by atoms with Gasteiger partial charge in [-0.05, 0) is 63.0 Å². The van der Waals surface area contributed by atoms with Gasteiger partial charge in [0.25, 0.3) is 0 Å². The number of hydrogen-bond acceptors (Lipinski definition) is 4. The van der Waals surface area contributed by atoms with Crippen molar-refractivity contribution in [2.75, 3.05) is 11.9 Å². The summed E-state index contributed by atoms with van der Waals surface area (Å²) < 4.78 is 13.6. The van der Waals surface area contributed by atoms with E-state index in [2.05, 4.69) is 22.2 Å². The third kappa shape index (κ3) is 7.87. The van der Waals surface area contributed by atoms with Crippen molar-refractivity contribution in [2.24, 2.45) is 0 Å². The molecule has 1 unspecified atom stereocenters. The highest BCUT2D eigenvalue weighted by Crippen LogP contribution is 2.30. The highest BCUT2D eigenvalue weighted by atomic mass is 19.1. The molecule has 3 rings (SSSR count). The zero-order chi connectivity index (χ0) is 26.8. The van der Waals surface area contributed by atoms with E-state index in [0.29, 0.717) is 11.4 Å². The molecular formula is C30H37FN4O2. The average molecular weight is 505 g/mol. The first-order valence-electron chi connectivity index (χ1n) is 12.8. The summed E-state index contributed by atoms with van der Waals surface area (Å²) in [7, 11) is 0. The van der Waals surface area contributed by atoms with Crippen LogP contribution < -0.4 is 10.6 Å². The van der Waals surface area contributed by atoms with E-state index in [4.69, 9.17) is 0 Å². The molecule has 2 N–H and O–H groups in total. The number of allylic oxidation sites excluding steroid dienone is 4. The molecule has 0 radical (unpaired) electrons. The van der Waals surface area contributed by atoms with Crippen molar-refractivity contribution in [2.45, 2.75) is 65.0 Å². The molecule has 37 heavy (non-hydrogen) atoms. The standard InChI is InChI=1S/C30H37FN4O2/c1-5-11-25(18-21(2)3)35(28(36)20-33-24-16-17-32-27(31)19-24)29(26-15-10-9-12-22(26)4)30(37)34-23-13-7-6-8-14-23/h5,9-12,15-19,23,29H,2,6-8,13-14,20H2,1,3-4H3,(H,32,33)(H,34,37)/b11-5-,25-18+. The molecule has 7 heteroatoms. The fraction of sp³-hybridized carbons (Fsp3) is 0.367. The number of nitrogens with zero attached hydrogens (tertiary/aromatic N) is 2. The van der Waals surface area contributed by atoms with E-state index in [-0.39, 0.29) is 24.4 Å². The van der Waals surface area contributed by atoms with Crippen LogP contribution in [0.4, 0.5) is 10.1 Å². The van der Waals surface area contributed by atoms with Crippen molar-refractivity contribution in [3.8, 4) is 0 Å². The lowest BCUT2D eigenvalue weighted by Crippen LogP contribution is -2.48. The van der Waals surface area contributed by atoms with E-state index in [1.165, 1.54) is 23.6 Å².